The van der Waals surface area contributed by atoms with Crippen molar-refractivity contribution in [3.63, 3.8) is 0 Å². The van der Waals surface area contributed by atoms with Gasteiger partial charge < -0.3 is 9.84 Å². The van der Waals surface area contributed by atoms with Crippen molar-refractivity contribution in [3.8, 4) is 0 Å². The molecule has 4 aliphatic rings. The molecule has 0 aliphatic heterocycles. The number of carbonyl (C=O) groups excluding carboxylic acids is 6. The Labute approximate surface area is 240 Å². The first-order chi connectivity index (χ1) is 18.8. The molecule has 0 saturated heterocycles. The number of rotatable bonds is 7. The highest BCUT2D eigenvalue weighted by Gasteiger charge is 2.74. The second-order valence-electron chi connectivity index (χ2n) is 14.2. The first-order valence-corrected chi connectivity index (χ1v) is 14.6. The topological polar surface area (TPSA) is 149 Å². The van der Waals surface area contributed by atoms with Gasteiger partial charge in [0, 0.05) is 66.4 Å². The molecule has 41 heavy (non-hydrogen) atoms. The molecule has 9 nitrogen and oxygen atoms in total. The van der Waals surface area contributed by atoms with Gasteiger partial charge in [-0.05, 0) is 31.1 Å². The third-order valence-electron chi connectivity index (χ3n) is 11.5. The summed E-state index contributed by atoms with van der Waals surface area (Å²) in [5, 5.41) is 9.23. The SMILES string of the molecule is CC(=O)O[C@@H]1C(=O)C2=C(C(=O)C[C@@H]3C(C)(C)C(=O)CC[C@]23C)[C@]2(C)C(=O)C[C@H]([C@H](C)CC(=O)C[C@@H](C)C(=O)O)[C@]12C. The molecule has 0 aromatic rings. The number of Topliss-reactive ketones (excluding diaryl/α,β-unsaturated/α-hetero) is 5. The number of ether oxygens (including phenoxy) is 1. The normalized spacial score (nSPS) is 37.6. The van der Waals surface area contributed by atoms with E-state index in [1.807, 2.05) is 6.92 Å². The highest BCUT2D eigenvalue weighted by atomic mass is 16.5. The van der Waals surface area contributed by atoms with Gasteiger partial charge in [0.15, 0.2) is 11.9 Å². The first-order valence-electron chi connectivity index (χ1n) is 14.6. The second kappa shape index (κ2) is 9.80. The highest BCUT2D eigenvalue weighted by Crippen LogP contribution is 2.70. The van der Waals surface area contributed by atoms with Crippen molar-refractivity contribution in [1.29, 1.82) is 0 Å². The van der Waals surface area contributed by atoms with Crippen LogP contribution in [0.1, 0.15) is 93.9 Å². The fourth-order valence-corrected chi connectivity index (χ4v) is 8.99. The molecule has 0 aromatic carbocycles. The van der Waals surface area contributed by atoms with Crippen molar-refractivity contribution >= 4 is 40.9 Å². The molecule has 2 fully saturated rings. The Morgan fingerprint density at radius 1 is 0.927 bits per heavy atom. The summed E-state index contributed by atoms with van der Waals surface area (Å²) in [6.07, 6.45) is -0.948. The average molecular weight is 571 g/mol. The summed E-state index contributed by atoms with van der Waals surface area (Å²) in [5.41, 5.74) is -4.09. The maximum atomic E-state index is 14.6. The predicted octanol–water partition coefficient (Wildman–Crippen LogP) is 4.09. The molecule has 8 atom stereocenters. The standard InChI is InChI=1S/C32H42O9/c1-15(11-18(34)12-16(2)28(39)40)19-13-23(37)32(8)24-20(35)14-21-29(4,5)22(36)9-10-30(21,6)25(24)26(38)27(31(19,32)7)41-17(3)33/h15-16,19,21,27H,9-14H2,1-8H3,(H,39,40)/t15-,16-,19-,21-,27-,30+,31-,32+/m1/s1. The number of hydrogen-bond acceptors (Lipinski definition) is 8. The van der Waals surface area contributed by atoms with Crippen molar-refractivity contribution in [1.82, 2.24) is 0 Å². The van der Waals surface area contributed by atoms with E-state index in [9.17, 15) is 38.7 Å². The number of esters is 1. The Morgan fingerprint density at radius 2 is 1.54 bits per heavy atom. The van der Waals surface area contributed by atoms with E-state index in [4.69, 9.17) is 4.74 Å². The Hall–Kier alpha value is -2.97. The molecule has 0 spiro atoms. The fraction of sp³-hybridized carbons (Fsp3) is 0.719. The van der Waals surface area contributed by atoms with Crippen molar-refractivity contribution in [2.75, 3.05) is 0 Å². The maximum Gasteiger partial charge on any atom is 0.306 e. The van der Waals surface area contributed by atoms with Crippen LogP contribution in [0.2, 0.25) is 0 Å². The molecule has 1 N–H and O–H groups in total. The lowest BCUT2D eigenvalue weighted by Crippen LogP contribution is -2.64. The molecule has 0 bridgehead atoms. The Balaban J connectivity index is 1.89. The van der Waals surface area contributed by atoms with Crippen molar-refractivity contribution in [2.24, 2.45) is 45.3 Å². The number of aliphatic carboxylic acids is 1. The zero-order valence-electron chi connectivity index (χ0n) is 25.3. The van der Waals surface area contributed by atoms with E-state index in [0.29, 0.717) is 6.42 Å². The van der Waals surface area contributed by atoms with Crippen LogP contribution in [-0.2, 0) is 38.3 Å². The van der Waals surface area contributed by atoms with Gasteiger partial charge in [-0.1, -0.05) is 41.5 Å². The fourth-order valence-electron chi connectivity index (χ4n) is 8.99. The molecule has 0 aromatic heterocycles. The molecule has 0 radical (unpaired) electrons. The monoisotopic (exact) mass is 570 g/mol. The maximum absolute atomic E-state index is 14.6. The number of ketones is 5. The smallest absolute Gasteiger partial charge is 0.306 e. The van der Waals surface area contributed by atoms with Crippen molar-refractivity contribution < 1.29 is 43.4 Å². The number of allylic oxidation sites excluding steroid dienone is 1. The molecular weight excluding hydrogens is 528 g/mol. The van der Waals surface area contributed by atoms with Gasteiger partial charge >= 0.3 is 11.9 Å². The minimum atomic E-state index is -1.46. The lowest BCUT2D eigenvalue weighted by molar-refractivity contribution is -0.175. The lowest BCUT2D eigenvalue weighted by Gasteiger charge is -2.59. The lowest BCUT2D eigenvalue weighted by atomic mass is 9.42. The quantitative estimate of drug-likeness (QED) is 0.447. The van der Waals surface area contributed by atoms with E-state index in [2.05, 4.69) is 0 Å². The van der Waals surface area contributed by atoms with Crippen LogP contribution in [0, 0.1) is 45.3 Å². The Bertz CT molecular complexity index is 1300. The molecule has 224 valence electrons. The number of carboxylic acids is 1. The number of carboxylic acid groups (broad SMARTS) is 1. The number of carbonyl (C=O) groups is 7. The van der Waals surface area contributed by atoms with Crippen LogP contribution in [0.25, 0.3) is 0 Å². The third kappa shape index (κ3) is 4.20. The summed E-state index contributed by atoms with van der Waals surface area (Å²) in [5.74, 6) is -5.46. The minimum Gasteiger partial charge on any atom is -0.481 e. The first kappa shape index (κ1) is 31.0. The van der Waals surface area contributed by atoms with Gasteiger partial charge in [-0.2, -0.15) is 0 Å². The van der Waals surface area contributed by atoms with E-state index in [1.165, 1.54) is 13.8 Å². The van der Waals surface area contributed by atoms with Crippen LogP contribution in [0.15, 0.2) is 11.1 Å². The van der Waals surface area contributed by atoms with Gasteiger partial charge in [0.05, 0.1) is 11.3 Å². The van der Waals surface area contributed by atoms with Gasteiger partial charge in [-0.15, -0.1) is 0 Å². The Kier molecular flexibility index (Phi) is 7.41. The van der Waals surface area contributed by atoms with E-state index in [0.717, 1.165) is 0 Å². The summed E-state index contributed by atoms with van der Waals surface area (Å²) in [6.45, 7) is 13.3. The molecule has 0 heterocycles. The predicted molar refractivity (Wildman–Crippen MR) is 146 cm³/mol. The summed E-state index contributed by atoms with van der Waals surface area (Å²) in [4.78, 5) is 92.3. The summed E-state index contributed by atoms with van der Waals surface area (Å²) >= 11 is 0. The zero-order valence-corrected chi connectivity index (χ0v) is 25.3. The summed E-state index contributed by atoms with van der Waals surface area (Å²) < 4.78 is 5.78. The largest absolute Gasteiger partial charge is 0.481 e. The summed E-state index contributed by atoms with van der Waals surface area (Å²) in [7, 11) is 0. The van der Waals surface area contributed by atoms with Gasteiger partial charge in [-0.3, -0.25) is 33.6 Å². The highest BCUT2D eigenvalue weighted by molar-refractivity contribution is 6.18. The minimum absolute atomic E-state index is 0.0157. The molecule has 4 aliphatic carbocycles. The zero-order chi connectivity index (χ0) is 31.0. The van der Waals surface area contributed by atoms with Crippen molar-refractivity contribution in [3.05, 3.63) is 11.1 Å². The van der Waals surface area contributed by atoms with Crippen LogP contribution < -0.4 is 0 Å². The van der Waals surface area contributed by atoms with Crippen molar-refractivity contribution in [2.45, 2.75) is 100 Å². The van der Waals surface area contributed by atoms with E-state index >= 15 is 0 Å². The molecule has 9 heteroatoms. The second-order valence-corrected chi connectivity index (χ2v) is 14.2. The van der Waals surface area contributed by atoms with E-state index < -0.39 is 69.2 Å². The molecule has 4 rings (SSSR count). The third-order valence-corrected chi connectivity index (χ3v) is 11.5. The average Bonchev–Trinajstić information content (AvgIpc) is 3.07. The van der Waals surface area contributed by atoms with Crippen LogP contribution in [-0.4, -0.2) is 52.1 Å². The molecule has 0 amide bonds. The molecule has 0 unspecified atom stereocenters. The van der Waals surface area contributed by atoms with Gasteiger partial charge in [0.2, 0.25) is 5.78 Å². The summed E-state index contributed by atoms with van der Waals surface area (Å²) in [6, 6.07) is 0. The van der Waals surface area contributed by atoms with Crippen LogP contribution in [0.5, 0.6) is 0 Å². The Morgan fingerprint density at radius 3 is 2.10 bits per heavy atom. The van der Waals surface area contributed by atoms with Gasteiger partial charge in [0.1, 0.15) is 17.3 Å². The van der Waals surface area contributed by atoms with Crippen LogP contribution >= 0.6 is 0 Å². The van der Waals surface area contributed by atoms with E-state index in [-0.39, 0.29) is 66.4 Å². The van der Waals surface area contributed by atoms with Crippen LogP contribution in [0.4, 0.5) is 0 Å². The van der Waals surface area contributed by atoms with Gasteiger partial charge in [-0.25, -0.2) is 0 Å². The van der Waals surface area contributed by atoms with Crippen LogP contribution in [0.3, 0.4) is 0 Å². The molecular formula is C32H42O9. The van der Waals surface area contributed by atoms with Gasteiger partial charge in [0.25, 0.3) is 0 Å². The van der Waals surface area contributed by atoms with E-state index in [1.54, 1.807) is 34.6 Å². The molecule has 2 saturated carbocycles. The number of hydrogen-bond donors (Lipinski definition) is 1. The number of fused-ring (bicyclic) bond motifs is 4.